The van der Waals surface area contributed by atoms with Crippen molar-refractivity contribution in [2.45, 2.75) is 26.3 Å². The summed E-state index contributed by atoms with van der Waals surface area (Å²) in [6.45, 7) is 4.49. The van der Waals surface area contributed by atoms with Gasteiger partial charge in [-0.05, 0) is 37.1 Å². The van der Waals surface area contributed by atoms with E-state index in [1.54, 1.807) is 7.11 Å². The van der Waals surface area contributed by atoms with Gasteiger partial charge in [-0.15, -0.1) is 0 Å². The second-order valence-electron chi connectivity index (χ2n) is 5.57. The molecule has 0 radical (unpaired) electrons. The van der Waals surface area contributed by atoms with Gasteiger partial charge in [-0.2, -0.15) is 0 Å². The summed E-state index contributed by atoms with van der Waals surface area (Å²) in [4.78, 5) is 14.5. The van der Waals surface area contributed by atoms with Gasteiger partial charge in [0, 0.05) is 20.1 Å². The Morgan fingerprint density at radius 2 is 2.10 bits per heavy atom. The molecule has 0 bridgehead atoms. The van der Waals surface area contributed by atoms with E-state index in [1.807, 2.05) is 36.2 Å². The maximum absolute atomic E-state index is 12.7. The summed E-state index contributed by atoms with van der Waals surface area (Å²) < 4.78 is 5.15. The molecular weight excluding hydrogens is 252 g/mol. The lowest BCUT2D eigenvalue weighted by molar-refractivity contribution is -0.140. The van der Waals surface area contributed by atoms with Gasteiger partial charge >= 0.3 is 0 Å². The summed E-state index contributed by atoms with van der Waals surface area (Å²) >= 11 is 0. The third kappa shape index (κ3) is 2.96. The lowest BCUT2D eigenvalue weighted by atomic mass is 9.83. The van der Waals surface area contributed by atoms with Crippen LogP contribution in [0.1, 0.15) is 25.3 Å². The molecule has 1 aliphatic rings. The molecule has 0 saturated carbocycles. The highest BCUT2D eigenvalue weighted by Gasteiger charge is 2.41. The minimum atomic E-state index is -0.207. The molecule has 0 spiro atoms. The fourth-order valence-electron chi connectivity index (χ4n) is 2.86. The molecule has 1 saturated heterocycles. The lowest BCUT2D eigenvalue weighted by Gasteiger charge is -2.31. The van der Waals surface area contributed by atoms with E-state index in [9.17, 15) is 4.79 Å². The average Bonchev–Trinajstić information content (AvgIpc) is 2.97. The van der Waals surface area contributed by atoms with Gasteiger partial charge in [0.25, 0.3) is 0 Å². The van der Waals surface area contributed by atoms with Gasteiger partial charge in [0.15, 0.2) is 0 Å². The van der Waals surface area contributed by atoms with Crippen LogP contribution in [0.15, 0.2) is 24.3 Å². The van der Waals surface area contributed by atoms with Gasteiger partial charge in [-0.25, -0.2) is 0 Å². The van der Waals surface area contributed by atoms with Crippen molar-refractivity contribution >= 4 is 5.91 Å². The first-order chi connectivity index (χ1) is 9.61. The number of carbonyl (C=O) groups is 1. The quantitative estimate of drug-likeness (QED) is 0.895. The molecule has 4 nitrogen and oxygen atoms in total. The Morgan fingerprint density at radius 1 is 1.40 bits per heavy atom. The molecule has 1 aromatic rings. The van der Waals surface area contributed by atoms with Crippen LogP contribution < -0.4 is 10.1 Å². The van der Waals surface area contributed by atoms with Gasteiger partial charge in [0.2, 0.25) is 5.91 Å². The van der Waals surface area contributed by atoms with E-state index in [4.69, 9.17) is 4.74 Å². The molecule has 1 fully saturated rings. The fourth-order valence-corrected chi connectivity index (χ4v) is 2.86. The van der Waals surface area contributed by atoms with Crippen molar-refractivity contribution in [3.8, 4) is 5.75 Å². The molecule has 1 aliphatic heterocycles. The van der Waals surface area contributed by atoms with Crippen molar-refractivity contribution in [3.05, 3.63) is 29.8 Å². The second-order valence-corrected chi connectivity index (χ2v) is 5.57. The third-order valence-corrected chi connectivity index (χ3v) is 4.30. The summed E-state index contributed by atoms with van der Waals surface area (Å²) in [6, 6.07) is 7.88. The Hall–Kier alpha value is -1.55. The fraction of sp³-hybridized carbons (Fsp3) is 0.562. The van der Waals surface area contributed by atoms with Crippen LogP contribution in [-0.2, 0) is 11.3 Å². The standard InChI is InChI=1S/C16H24N2O2/c1-4-16(9-10-17-12-16)15(19)18(2)11-13-5-7-14(20-3)8-6-13/h5-8,17H,4,9-12H2,1-3H3. The number of nitrogens with zero attached hydrogens (tertiary/aromatic N) is 1. The number of carbonyl (C=O) groups excluding carboxylic acids is 1. The number of amides is 1. The van der Waals surface area contributed by atoms with E-state index in [0.29, 0.717) is 6.54 Å². The van der Waals surface area contributed by atoms with Crippen molar-refractivity contribution in [2.24, 2.45) is 5.41 Å². The van der Waals surface area contributed by atoms with Gasteiger partial charge in [-0.1, -0.05) is 19.1 Å². The SMILES string of the molecule is CCC1(C(=O)N(C)Cc2ccc(OC)cc2)CCNC1. The van der Waals surface area contributed by atoms with E-state index in [1.165, 1.54) is 0 Å². The molecule has 1 atom stereocenters. The summed E-state index contributed by atoms with van der Waals surface area (Å²) in [6.07, 6.45) is 1.83. The number of benzene rings is 1. The Bertz CT molecular complexity index is 450. The number of hydrogen-bond acceptors (Lipinski definition) is 3. The van der Waals surface area contributed by atoms with Crippen LogP contribution in [0.2, 0.25) is 0 Å². The van der Waals surface area contributed by atoms with Gasteiger partial charge < -0.3 is 15.0 Å². The van der Waals surface area contributed by atoms with Crippen LogP contribution in [0, 0.1) is 5.41 Å². The van der Waals surface area contributed by atoms with Crippen molar-refractivity contribution in [1.82, 2.24) is 10.2 Å². The molecule has 0 aliphatic carbocycles. The maximum Gasteiger partial charge on any atom is 0.230 e. The van der Waals surface area contributed by atoms with E-state index < -0.39 is 0 Å². The highest BCUT2D eigenvalue weighted by Crippen LogP contribution is 2.31. The Kier molecular flexibility index (Phi) is 4.65. The molecule has 110 valence electrons. The number of hydrogen-bond donors (Lipinski definition) is 1. The zero-order valence-electron chi connectivity index (χ0n) is 12.6. The van der Waals surface area contributed by atoms with Crippen LogP contribution >= 0.6 is 0 Å². The zero-order chi connectivity index (χ0) is 14.6. The van der Waals surface area contributed by atoms with Gasteiger partial charge in [0.05, 0.1) is 12.5 Å². The first-order valence-corrected chi connectivity index (χ1v) is 7.20. The van der Waals surface area contributed by atoms with E-state index in [0.717, 1.165) is 37.2 Å². The van der Waals surface area contributed by atoms with Crippen LogP contribution in [0.3, 0.4) is 0 Å². The molecule has 1 N–H and O–H groups in total. The molecule has 1 unspecified atom stereocenters. The highest BCUT2D eigenvalue weighted by atomic mass is 16.5. The predicted molar refractivity (Wildman–Crippen MR) is 79.7 cm³/mol. The van der Waals surface area contributed by atoms with Crippen molar-refractivity contribution in [3.63, 3.8) is 0 Å². The molecule has 2 rings (SSSR count). The number of methoxy groups -OCH3 is 1. The van der Waals surface area contributed by atoms with Crippen molar-refractivity contribution in [1.29, 1.82) is 0 Å². The lowest BCUT2D eigenvalue weighted by Crippen LogP contribution is -2.42. The second kappa shape index (κ2) is 6.27. The molecule has 1 heterocycles. The van der Waals surface area contributed by atoms with E-state index >= 15 is 0 Å². The Labute approximate surface area is 121 Å². The maximum atomic E-state index is 12.7. The first-order valence-electron chi connectivity index (χ1n) is 7.20. The summed E-state index contributed by atoms with van der Waals surface area (Å²) in [5, 5.41) is 3.31. The van der Waals surface area contributed by atoms with Crippen LogP contribution in [-0.4, -0.2) is 38.1 Å². The zero-order valence-corrected chi connectivity index (χ0v) is 12.6. The number of rotatable bonds is 5. The molecular formula is C16H24N2O2. The van der Waals surface area contributed by atoms with Gasteiger partial charge in [0.1, 0.15) is 5.75 Å². The minimum absolute atomic E-state index is 0.207. The topological polar surface area (TPSA) is 41.6 Å². The first kappa shape index (κ1) is 14.9. The third-order valence-electron chi connectivity index (χ3n) is 4.30. The molecule has 1 aromatic carbocycles. The summed E-state index contributed by atoms with van der Waals surface area (Å²) in [5.74, 6) is 1.09. The normalized spacial score (nSPS) is 21.8. The summed E-state index contributed by atoms with van der Waals surface area (Å²) in [5.41, 5.74) is 0.917. The molecule has 20 heavy (non-hydrogen) atoms. The average molecular weight is 276 g/mol. The van der Waals surface area contributed by atoms with Crippen LogP contribution in [0.5, 0.6) is 5.75 Å². The van der Waals surface area contributed by atoms with Crippen molar-refractivity contribution < 1.29 is 9.53 Å². The summed E-state index contributed by atoms with van der Waals surface area (Å²) in [7, 11) is 3.55. The predicted octanol–water partition coefficient (Wildman–Crippen LogP) is 2.04. The monoisotopic (exact) mass is 276 g/mol. The van der Waals surface area contributed by atoms with Crippen molar-refractivity contribution in [2.75, 3.05) is 27.2 Å². The van der Waals surface area contributed by atoms with E-state index in [-0.39, 0.29) is 11.3 Å². The molecule has 0 aromatic heterocycles. The Morgan fingerprint density at radius 3 is 2.60 bits per heavy atom. The smallest absolute Gasteiger partial charge is 0.230 e. The van der Waals surface area contributed by atoms with E-state index in [2.05, 4.69) is 12.2 Å². The molecule has 4 heteroatoms. The molecule has 1 amide bonds. The van der Waals surface area contributed by atoms with Gasteiger partial charge in [-0.3, -0.25) is 4.79 Å². The minimum Gasteiger partial charge on any atom is -0.497 e. The number of nitrogens with one attached hydrogen (secondary N) is 1. The Balaban J connectivity index is 2.03. The largest absolute Gasteiger partial charge is 0.497 e. The van der Waals surface area contributed by atoms with Crippen LogP contribution in [0.4, 0.5) is 0 Å². The highest BCUT2D eigenvalue weighted by molar-refractivity contribution is 5.83. The van der Waals surface area contributed by atoms with Crippen LogP contribution in [0.25, 0.3) is 0 Å². The number of ether oxygens (including phenoxy) is 1.